The van der Waals surface area contributed by atoms with Gasteiger partial charge in [-0.3, -0.25) is 4.79 Å². The lowest BCUT2D eigenvalue weighted by Crippen LogP contribution is -2.42. The molecule has 0 heterocycles. The van der Waals surface area contributed by atoms with Crippen molar-refractivity contribution in [1.82, 2.24) is 10.2 Å². The zero-order valence-corrected chi connectivity index (χ0v) is 10.5. The van der Waals surface area contributed by atoms with E-state index in [0.29, 0.717) is 6.54 Å². The molecule has 0 fully saturated rings. The molecule has 0 radical (unpaired) electrons. The second kappa shape index (κ2) is 8.57. The first-order valence-corrected chi connectivity index (χ1v) is 5.65. The van der Waals surface area contributed by atoms with Gasteiger partial charge in [0.05, 0.1) is 13.0 Å². The minimum atomic E-state index is -4.39. The number of carbonyl (C=O) groups is 2. The first-order chi connectivity index (χ1) is 8.76. The van der Waals surface area contributed by atoms with E-state index in [0.717, 1.165) is 0 Å². The third-order valence-corrected chi connectivity index (χ3v) is 2.05. The summed E-state index contributed by atoms with van der Waals surface area (Å²) >= 11 is 0. The summed E-state index contributed by atoms with van der Waals surface area (Å²) in [4.78, 5) is 23.1. The molecular formula is C10H17F3N2O4. The highest BCUT2D eigenvalue weighted by atomic mass is 19.4. The lowest BCUT2D eigenvalue weighted by molar-refractivity contribution is -0.173. The van der Waals surface area contributed by atoms with Gasteiger partial charge in [0, 0.05) is 19.6 Å². The van der Waals surface area contributed by atoms with Gasteiger partial charge in [0.2, 0.25) is 0 Å². The third-order valence-electron chi connectivity index (χ3n) is 2.05. The third kappa shape index (κ3) is 10.1. The fourth-order valence-electron chi connectivity index (χ4n) is 1.16. The van der Waals surface area contributed by atoms with Crippen molar-refractivity contribution in [3.63, 3.8) is 0 Å². The molecule has 6 nitrogen and oxygen atoms in total. The SMILES string of the molecule is CCN(CCC(=O)O)C(=O)NCCOCC(F)(F)F. The Balaban J connectivity index is 3.79. The van der Waals surface area contributed by atoms with Gasteiger partial charge in [0.25, 0.3) is 0 Å². The van der Waals surface area contributed by atoms with Gasteiger partial charge in [-0.15, -0.1) is 0 Å². The van der Waals surface area contributed by atoms with Crippen LogP contribution >= 0.6 is 0 Å². The summed E-state index contributed by atoms with van der Waals surface area (Å²) in [6.45, 7) is 0.324. The zero-order valence-electron chi connectivity index (χ0n) is 10.5. The number of nitrogens with zero attached hydrogens (tertiary/aromatic N) is 1. The monoisotopic (exact) mass is 286 g/mol. The predicted molar refractivity (Wildman–Crippen MR) is 59.8 cm³/mol. The highest BCUT2D eigenvalue weighted by molar-refractivity contribution is 5.75. The lowest BCUT2D eigenvalue weighted by atomic mass is 10.4. The Labute approximate surface area is 108 Å². The Kier molecular flexibility index (Phi) is 7.89. The smallest absolute Gasteiger partial charge is 0.411 e. The van der Waals surface area contributed by atoms with Gasteiger partial charge in [-0.1, -0.05) is 0 Å². The molecule has 0 unspecified atom stereocenters. The van der Waals surface area contributed by atoms with Gasteiger partial charge in [-0.2, -0.15) is 13.2 Å². The Morgan fingerprint density at radius 2 is 2.00 bits per heavy atom. The number of ether oxygens (including phenoxy) is 1. The van der Waals surface area contributed by atoms with Crippen molar-refractivity contribution in [2.75, 3.05) is 32.8 Å². The van der Waals surface area contributed by atoms with E-state index in [1.807, 2.05) is 0 Å². The summed E-state index contributed by atoms with van der Waals surface area (Å²) in [6, 6.07) is -0.528. The van der Waals surface area contributed by atoms with Crippen molar-refractivity contribution in [2.45, 2.75) is 19.5 Å². The van der Waals surface area contributed by atoms with Crippen LogP contribution in [-0.4, -0.2) is 61.0 Å². The Bertz CT molecular complexity index is 297. The summed E-state index contributed by atoms with van der Waals surface area (Å²) in [5.74, 6) is -1.03. The van der Waals surface area contributed by atoms with E-state index in [1.165, 1.54) is 4.90 Å². The van der Waals surface area contributed by atoms with Gasteiger partial charge in [-0.05, 0) is 6.92 Å². The molecule has 0 rings (SSSR count). The maximum Gasteiger partial charge on any atom is 0.411 e. The minimum absolute atomic E-state index is 0.0427. The van der Waals surface area contributed by atoms with Crippen LogP contribution in [0.15, 0.2) is 0 Å². The van der Waals surface area contributed by atoms with E-state index in [2.05, 4.69) is 10.1 Å². The summed E-state index contributed by atoms with van der Waals surface area (Å²) in [5, 5.41) is 10.8. The topological polar surface area (TPSA) is 78.9 Å². The second-order valence-corrected chi connectivity index (χ2v) is 3.62. The number of carboxylic acids is 1. The zero-order chi connectivity index (χ0) is 14.9. The van der Waals surface area contributed by atoms with Gasteiger partial charge >= 0.3 is 18.2 Å². The van der Waals surface area contributed by atoms with Crippen molar-refractivity contribution in [3.05, 3.63) is 0 Å². The maximum absolute atomic E-state index is 11.7. The molecule has 19 heavy (non-hydrogen) atoms. The van der Waals surface area contributed by atoms with Gasteiger partial charge in [-0.25, -0.2) is 4.79 Å². The van der Waals surface area contributed by atoms with Crippen LogP contribution < -0.4 is 5.32 Å². The van der Waals surface area contributed by atoms with E-state index >= 15 is 0 Å². The molecule has 0 aromatic carbocycles. The highest BCUT2D eigenvalue weighted by Crippen LogP contribution is 2.13. The second-order valence-electron chi connectivity index (χ2n) is 3.62. The highest BCUT2D eigenvalue weighted by Gasteiger charge is 2.27. The molecule has 0 aromatic rings. The molecule has 0 aliphatic carbocycles. The molecule has 2 amide bonds. The van der Waals surface area contributed by atoms with Gasteiger partial charge in [0.1, 0.15) is 6.61 Å². The van der Waals surface area contributed by atoms with Crippen LogP contribution in [0.1, 0.15) is 13.3 Å². The average molecular weight is 286 g/mol. The van der Waals surface area contributed by atoms with Crippen molar-refractivity contribution >= 4 is 12.0 Å². The van der Waals surface area contributed by atoms with Crippen LogP contribution in [0.3, 0.4) is 0 Å². The number of amides is 2. The number of carbonyl (C=O) groups excluding carboxylic acids is 1. The number of hydrogen-bond acceptors (Lipinski definition) is 3. The fourth-order valence-corrected chi connectivity index (χ4v) is 1.16. The maximum atomic E-state index is 11.7. The molecule has 0 spiro atoms. The lowest BCUT2D eigenvalue weighted by Gasteiger charge is -2.20. The summed E-state index contributed by atoms with van der Waals surface area (Å²) in [6.07, 6.45) is -4.58. The van der Waals surface area contributed by atoms with E-state index < -0.39 is 24.8 Å². The van der Waals surface area contributed by atoms with Crippen molar-refractivity contribution in [1.29, 1.82) is 0 Å². The molecule has 0 aromatic heterocycles. The van der Waals surface area contributed by atoms with Crippen LogP contribution in [0.5, 0.6) is 0 Å². The predicted octanol–water partition coefficient (Wildman–Crippen LogP) is 1.07. The number of urea groups is 1. The number of aliphatic carboxylic acids is 1. The van der Waals surface area contributed by atoms with Gasteiger partial charge in [0.15, 0.2) is 0 Å². The molecule has 0 aliphatic heterocycles. The van der Waals surface area contributed by atoms with Gasteiger partial charge < -0.3 is 20.1 Å². The molecule has 0 saturated carbocycles. The van der Waals surface area contributed by atoms with Crippen LogP contribution in [-0.2, 0) is 9.53 Å². The molecule has 0 saturated heterocycles. The largest absolute Gasteiger partial charge is 0.481 e. The molecule has 9 heteroatoms. The Hall–Kier alpha value is -1.51. The van der Waals surface area contributed by atoms with Crippen molar-refractivity contribution in [3.8, 4) is 0 Å². The van der Waals surface area contributed by atoms with E-state index in [1.54, 1.807) is 6.92 Å². The number of nitrogens with one attached hydrogen (secondary N) is 1. The molecule has 0 aliphatic rings. The summed E-state index contributed by atoms with van der Waals surface area (Å²) < 4.78 is 39.5. The Morgan fingerprint density at radius 1 is 1.37 bits per heavy atom. The molecule has 0 atom stereocenters. The van der Waals surface area contributed by atoms with Crippen LogP contribution in [0.25, 0.3) is 0 Å². The first kappa shape index (κ1) is 17.5. The standard InChI is InChI=1S/C10H17F3N2O4/c1-2-15(5-3-8(16)17)9(18)14-4-6-19-7-10(11,12)13/h2-7H2,1H3,(H,14,18)(H,16,17). The van der Waals surface area contributed by atoms with Crippen LogP contribution in [0, 0.1) is 0 Å². The molecule has 2 N–H and O–H groups in total. The minimum Gasteiger partial charge on any atom is -0.481 e. The molecule has 112 valence electrons. The molecular weight excluding hydrogens is 269 g/mol. The number of alkyl halides is 3. The number of rotatable bonds is 8. The number of hydrogen-bond donors (Lipinski definition) is 2. The fraction of sp³-hybridized carbons (Fsp3) is 0.800. The number of carboxylic acid groups (broad SMARTS) is 1. The molecule has 0 bridgehead atoms. The van der Waals surface area contributed by atoms with E-state index in [4.69, 9.17) is 5.11 Å². The van der Waals surface area contributed by atoms with Crippen LogP contribution in [0.4, 0.5) is 18.0 Å². The quantitative estimate of drug-likeness (QED) is 0.654. The summed E-state index contributed by atoms with van der Waals surface area (Å²) in [7, 11) is 0. The summed E-state index contributed by atoms with van der Waals surface area (Å²) in [5.41, 5.74) is 0. The first-order valence-electron chi connectivity index (χ1n) is 5.65. The average Bonchev–Trinajstić information content (AvgIpc) is 2.27. The number of halogens is 3. The van der Waals surface area contributed by atoms with Crippen molar-refractivity contribution < 1.29 is 32.6 Å². The van der Waals surface area contributed by atoms with Crippen LogP contribution in [0.2, 0.25) is 0 Å². The Morgan fingerprint density at radius 3 is 2.47 bits per heavy atom. The van der Waals surface area contributed by atoms with E-state index in [9.17, 15) is 22.8 Å². The van der Waals surface area contributed by atoms with Crippen molar-refractivity contribution in [2.24, 2.45) is 0 Å². The van der Waals surface area contributed by atoms with E-state index in [-0.39, 0.29) is 26.1 Å². The normalized spacial score (nSPS) is 11.2.